The number of amides is 1. The molecule has 1 aromatic carbocycles. The number of fused-ring (bicyclic) bond motifs is 1. The lowest BCUT2D eigenvalue weighted by Gasteiger charge is -2.17. The van der Waals surface area contributed by atoms with Crippen LogP contribution < -0.4 is 5.32 Å². The molecule has 7 nitrogen and oxygen atoms in total. The molecule has 0 aliphatic rings. The van der Waals surface area contributed by atoms with E-state index in [1.807, 2.05) is 37.7 Å². The van der Waals surface area contributed by atoms with E-state index in [0.717, 1.165) is 17.7 Å². The summed E-state index contributed by atoms with van der Waals surface area (Å²) in [5.41, 5.74) is 6.14. The van der Waals surface area contributed by atoms with Crippen LogP contribution >= 0.6 is 0 Å². The molecule has 7 heteroatoms. The van der Waals surface area contributed by atoms with Gasteiger partial charge < -0.3 is 9.84 Å². The van der Waals surface area contributed by atoms with Gasteiger partial charge in [-0.05, 0) is 57.9 Å². The Morgan fingerprint density at radius 2 is 1.97 bits per heavy atom. The van der Waals surface area contributed by atoms with Crippen LogP contribution in [0.2, 0.25) is 0 Å². The summed E-state index contributed by atoms with van der Waals surface area (Å²) in [5, 5.41) is 12.3. The Bertz CT molecular complexity index is 1240. The molecule has 1 N–H and O–H groups in total. The van der Waals surface area contributed by atoms with Gasteiger partial charge in [0.1, 0.15) is 5.69 Å². The van der Waals surface area contributed by atoms with E-state index in [-0.39, 0.29) is 11.9 Å². The van der Waals surface area contributed by atoms with E-state index in [1.165, 1.54) is 5.56 Å². The highest BCUT2D eigenvalue weighted by molar-refractivity contribution is 6.07. The number of nitrogens with one attached hydrogen (secondary N) is 1. The molecule has 0 saturated carbocycles. The lowest BCUT2D eigenvalue weighted by Crippen LogP contribution is -2.27. The zero-order valence-corrected chi connectivity index (χ0v) is 17.9. The van der Waals surface area contributed by atoms with Gasteiger partial charge in [-0.15, -0.1) is 0 Å². The Labute approximate surface area is 175 Å². The number of rotatable bonds is 5. The van der Waals surface area contributed by atoms with Crippen LogP contribution in [-0.2, 0) is 6.54 Å². The minimum atomic E-state index is -0.197. The highest BCUT2D eigenvalue weighted by Crippen LogP contribution is 2.27. The molecule has 3 heterocycles. The molecule has 4 aromatic rings. The molecule has 154 valence electrons. The van der Waals surface area contributed by atoms with Gasteiger partial charge in [0.25, 0.3) is 11.6 Å². The summed E-state index contributed by atoms with van der Waals surface area (Å²) in [5.74, 6) is -0.197. The molecule has 0 unspecified atom stereocenters. The van der Waals surface area contributed by atoms with Crippen LogP contribution in [0.25, 0.3) is 22.5 Å². The van der Waals surface area contributed by atoms with Crippen LogP contribution in [0.5, 0.6) is 0 Å². The molecule has 0 spiro atoms. The number of aryl methyl sites for hydroxylation is 4. The largest absolute Gasteiger partial charge is 0.345 e. The number of benzene rings is 1. The Morgan fingerprint density at radius 3 is 2.67 bits per heavy atom. The first kappa shape index (κ1) is 19.8. The second-order valence-electron chi connectivity index (χ2n) is 7.62. The Morgan fingerprint density at radius 1 is 1.17 bits per heavy atom. The minimum Gasteiger partial charge on any atom is -0.345 e. The van der Waals surface area contributed by atoms with Gasteiger partial charge in [0.15, 0.2) is 0 Å². The predicted octanol–water partition coefficient (Wildman–Crippen LogP) is 4.52. The maximum Gasteiger partial charge on any atom is 0.259 e. The summed E-state index contributed by atoms with van der Waals surface area (Å²) in [4.78, 5) is 17.8. The Hall–Kier alpha value is -3.48. The molecule has 0 aliphatic heterocycles. The lowest BCUT2D eigenvalue weighted by molar-refractivity contribution is 0.0941. The number of aromatic nitrogens is 4. The maximum absolute atomic E-state index is 13.3. The van der Waals surface area contributed by atoms with E-state index >= 15 is 0 Å². The van der Waals surface area contributed by atoms with Gasteiger partial charge >= 0.3 is 0 Å². The molecule has 4 rings (SSSR count). The zero-order chi connectivity index (χ0) is 21.4. The normalized spacial score (nSPS) is 12.3. The van der Waals surface area contributed by atoms with E-state index in [9.17, 15) is 4.79 Å². The first-order valence-corrected chi connectivity index (χ1v) is 10.1. The van der Waals surface area contributed by atoms with Crippen LogP contribution in [-0.4, -0.2) is 25.8 Å². The van der Waals surface area contributed by atoms with Gasteiger partial charge in [-0.25, -0.2) is 4.98 Å². The molecular formula is C23H25N5O2. The fraction of sp³-hybridized carbons (Fsp3) is 0.304. The third-order valence-corrected chi connectivity index (χ3v) is 5.33. The first-order chi connectivity index (χ1) is 14.4. The van der Waals surface area contributed by atoms with E-state index < -0.39 is 0 Å². The molecule has 0 saturated heterocycles. The fourth-order valence-electron chi connectivity index (χ4n) is 3.74. The summed E-state index contributed by atoms with van der Waals surface area (Å²) in [6.07, 6.45) is 1.88. The molecule has 0 fully saturated rings. The molecular weight excluding hydrogens is 378 g/mol. The average Bonchev–Trinajstić information content (AvgIpc) is 3.34. The molecule has 1 atom stereocenters. The zero-order valence-electron chi connectivity index (χ0n) is 17.9. The average molecular weight is 403 g/mol. The molecule has 1 amide bonds. The number of nitrogens with zero attached hydrogens (tertiary/aromatic N) is 4. The number of hydrogen-bond acceptors (Lipinski definition) is 5. The van der Waals surface area contributed by atoms with Crippen molar-refractivity contribution in [1.82, 2.24) is 25.2 Å². The van der Waals surface area contributed by atoms with Crippen LogP contribution in [0.4, 0.5) is 0 Å². The van der Waals surface area contributed by atoms with Crippen molar-refractivity contribution in [1.29, 1.82) is 0 Å². The van der Waals surface area contributed by atoms with Crippen LogP contribution in [0.1, 0.15) is 52.6 Å². The maximum atomic E-state index is 13.3. The summed E-state index contributed by atoms with van der Waals surface area (Å²) < 4.78 is 7.20. The lowest BCUT2D eigenvalue weighted by atomic mass is 9.99. The van der Waals surface area contributed by atoms with Gasteiger partial charge in [-0.3, -0.25) is 9.48 Å². The van der Waals surface area contributed by atoms with Crippen LogP contribution in [0.3, 0.4) is 0 Å². The Kier molecular flexibility index (Phi) is 5.11. The third-order valence-electron chi connectivity index (χ3n) is 5.33. The van der Waals surface area contributed by atoms with E-state index in [1.54, 1.807) is 6.07 Å². The topological polar surface area (TPSA) is 85.8 Å². The van der Waals surface area contributed by atoms with Gasteiger partial charge in [-0.1, -0.05) is 28.9 Å². The van der Waals surface area contributed by atoms with Gasteiger partial charge in [0.05, 0.1) is 28.4 Å². The van der Waals surface area contributed by atoms with E-state index in [0.29, 0.717) is 33.7 Å². The van der Waals surface area contributed by atoms with Crippen molar-refractivity contribution in [3.05, 3.63) is 64.5 Å². The SMILES string of the molecule is CCn1ccc(-c2cc(C(=O)N[C@H](C)c3ccc(C)cc3C)c3c(C)noc3n2)n1. The second-order valence-corrected chi connectivity index (χ2v) is 7.62. The Balaban J connectivity index is 1.73. The molecule has 0 aliphatic carbocycles. The van der Waals surface area contributed by atoms with Crippen molar-refractivity contribution in [3.8, 4) is 11.4 Å². The smallest absolute Gasteiger partial charge is 0.259 e. The van der Waals surface area contributed by atoms with Crippen molar-refractivity contribution in [2.45, 2.75) is 47.2 Å². The van der Waals surface area contributed by atoms with Gasteiger partial charge in [0, 0.05) is 12.7 Å². The second kappa shape index (κ2) is 7.74. The fourth-order valence-corrected chi connectivity index (χ4v) is 3.74. The quantitative estimate of drug-likeness (QED) is 0.529. The summed E-state index contributed by atoms with van der Waals surface area (Å²) in [7, 11) is 0. The van der Waals surface area contributed by atoms with Crippen LogP contribution in [0.15, 0.2) is 41.1 Å². The monoisotopic (exact) mass is 403 g/mol. The summed E-state index contributed by atoms with van der Waals surface area (Å²) in [6.45, 7) is 10.7. The van der Waals surface area contributed by atoms with Crippen molar-refractivity contribution in [3.63, 3.8) is 0 Å². The van der Waals surface area contributed by atoms with Crippen molar-refractivity contribution in [2.24, 2.45) is 0 Å². The molecule has 3 aromatic heterocycles. The highest BCUT2D eigenvalue weighted by atomic mass is 16.5. The summed E-state index contributed by atoms with van der Waals surface area (Å²) >= 11 is 0. The molecule has 0 radical (unpaired) electrons. The number of carbonyl (C=O) groups is 1. The molecule has 0 bridgehead atoms. The van der Waals surface area contributed by atoms with Crippen molar-refractivity contribution in [2.75, 3.05) is 0 Å². The third kappa shape index (κ3) is 3.58. The standard InChI is InChI=1S/C23H25N5O2/c1-6-28-10-9-19(26-28)20-12-18(21-16(5)27-30-23(21)25-20)22(29)24-15(4)17-8-7-13(2)11-14(17)3/h7-12,15H,6H2,1-5H3,(H,24,29)/t15-/m1/s1. The minimum absolute atomic E-state index is 0.149. The first-order valence-electron chi connectivity index (χ1n) is 10.1. The predicted molar refractivity (Wildman–Crippen MR) is 115 cm³/mol. The highest BCUT2D eigenvalue weighted by Gasteiger charge is 2.22. The summed E-state index contributed by atoms with van der Waals surface area (Å²) in [6, 6.07) is 9.73. The number of carbonyl (C=O) groups excluding carboxylic acids is 1. The van der Waals surface area contributed by atoms with Crippen LogP contribution in [0, 0.1) is 20.8 Å². The van der Waals surface area contributed by atoms with Crippen molar-refractivity contribution >= 4 is 17.0 Å². The van der Waals surface area contributed by atoms with Crippen molar-refractivity contribution < 1.29 is 9.32 Å². The van der Waals surface area contributed by atoms with Gasteiger partial charge in [-0.2, -0.15) is 5.10 Å². The van der Waals surface area contributed by atoms with E-state index in [4.69, 9.17) is 4.52 Å². The number of hydrogen-bond donors (Lipinski definition) is 1. The van der Waals surface area contributed by atoms with Gasteiger partial charge in [0.2, 0.25) is 0 Å². The van der Waals surface area contributed by atoms with E-state index in [2.05, 4.69) is 52.6 Å². The molecule has 30 heavy (non-hydrogen) atoms. The number of pyridine rings is 1.